The molecule has 3 heteroatoms. The second-order valence-electron chi connectivity index (χ2n) is 2.62. The van der Waals surface area contributed by atoms with Crippen LogP contribution >= 0.6 is 0 Å². The summed E-state index contributed by atoms with van der Waals surface area (Å²) in [6.45, 7) is 3.43. The molecule has 0 saturated carbocycles. The Kier molecular flexibility index (Phi) is 2.68. The molecule has 1 aliphatic heterocycles. The zero-order valence-electron chi connectivity index (χ0n) is 6.34. The molecule has 0 aliphatic carbocycles. The summed E-state index contributed by atoms with van der Waals surface area (Å²) in [5, 5.41) is 0. The summed E-state index contributed by atoms with van der Waals surface area (Å²) in [4.78, 5) is 4.08. The first-order chi connectivity index (χ1) is 4.79. The summed E-state index contributed by atoms with van der Waals surface area (Å²) in [6, 6.07) is 0. The molecule has 1 aliphatic rings. The fraction of sp³-hybridized carbons (Fsp3) is 0.857. The minimum absolute atomic E-state index is 0.332. The molecule has 0 bridgehead atoms. The van der Waals surface area contributed by atoms with Gasteiger partial charge in [0.15, 0.2) is 0 Å². The monoisotopic (exact) mass is 142 g/mol. The van der Waals surface area contributed by atoms with Crippen molar-refractivity contribution in [1.29, 1.82) is 0 Å². The first-order valence-electron chi connectivity index (χ1n) is 3.67. The zero-order valence-corrected chi connectivity index (χ0v) is 6.34. The van der Waals surface area contributed by atoms with E-state index in [4.69, 9.17) is 10.5 Å². The number of rotatable bonds is 2. The molecule has 10 heavy (non-hydrogen) atoms. The first kappa shape index (κ1) is 7.54. The van der Waals surface area contributed by atoms with Crippen molar-refractivity contribution in [2.45, 2.75) is 25.9 Å². The van der Waals surface area contributed by atoms with Crippen molar-refractivity contribution in [3.05, 3.63) is 0 Å². The molecule has 1 saturated heterocycles. The Bertz CT molecular complexity index is 124. The maximum atomic E-state index is 5.36. The van der Waals surface area contributed by atoms with Crippen molar-refractivity contribution in [3.8, 4) is 0 Å². The van der Waals surface area contributed by atoms with E-state index in [0.29, 0.717) is 11.9 Å². The highest BCUT2D eigenvalue weighted by atomic mass is 16.5. The zero-order chi connectivity index (χ0) is 7.40. The summed E-state index contributed by atoms with van der Waals surface area (Å²) < 4.78 is 5.34. The number of hydrogen-bond acceptors (Lipinski definition) is 2. The van der Waals surface area contributed by atoms with Crippen molar-refractivity contribution in [1.82, 2.24) is 0 Å². The third-order valence-electron chi connectivity index (χ3n) is 1.57. The molecule has 0 radical (unpaired) electrons. The lowest BCUT2D eigenvalue weighted by Crippen LogP contribution is -2.13. The van der Waals surface area contributed by atoms with Crippen LogP contribution in [0.3, 0.4) is 0 Å². The Morgan fingerprint density at radius 2 is 2.60 bits per heavy atom. The van der Waals surface area contributed by atoms with Crippen LogP contribution in [0.4, 0.5) is 0 Å². The van der Waals surface area contributed by atoms with Gasteiger partial charge in [0, 0.05) is 6.61 Å². The van der Waals surface area contributed by atoms with Crippen LogP contribution in [0.15, 0.2) is 4.99 Å². The van der Waals surface area contributed by atoms with E-state index in [0.717, 1.165) is 19.6 Å². The number of nitrogens with zero attached hydrogens (tertiary/aromatic N) is 1. The van der Waals surface area contributed by atoms with E-state index >= 15 is 0 Å². The van der Waals surface area contributed by atoms with Crippen molar-refractivity contribution in [2.75, 3.05) is 13.2 Å². The van der Waals surface area contributed by atoms with Crippen LogP contribution in [-0.2, 0) is 4.74 Å². The Morgan fingerprint density at radius 3 is 3.10 bits per heavy atom. The molecule has 1 heterocycles. The Morgan fingerprint density at radius 1 is 1.80 bits per heavy atom. The molecular weight excluding hydrogens is 128 g/mol. The molecular formula is C7H14N2O. The highest BCUT2D eigenvalue weighted by molar-refractivity contribution is 5.77. The van der Waals surface area contributed by atoms with Gasteiger partial charge in [-0.05, 0) is 19.8 Å². The minimum atomic E-state index is 0.332. The summed E-state index contributed by atoms with van der Waals surface area (Å²) in [6.07, 6.45) is 2.64. The normalized spacial score (nSPS) is 27.3. The number of aliphatic imine (C=N–C) groups is 1. The SMILES string of the molecule is CC(N)=NCC1CCCO1. The van der Waals surface area contributed by atoms with E-state index in [-0.39, 0.29) is 0 Å². The van der Waals surface area contributed by atoms with E-state index in [2.05, 4.69) is 4.99 Å². The molecule has 1 atom stereocenters. The van der Waals surface area contributed by atoms with Gasteiger partial charge in [0.05, 0.1) is 18.5 Å². The smallest absolute Gasteiger partial charge is 0.0906 e. The van der Waals surface area contributed by atoms with Gasteiger partial charge in [0.1, 0.15) is 0 Å². The molecule has 2 N–H and O–H groups in total. The van der Waals surface area contributed by atoms with Crippen LogP contribution in [0.1, 0.15) is 19.8 Å². The summed E-state index contributed by atoms with van der Waals surface area (Å²) in [5.41, 5.74) is 5.36. The van der Waals surface area contributed by atoms with Crippen LogP contribution in [0.25, 0.3) is 0 Å². The van der Waals surface area contributed by atoms with Gasteiger partial charge in [-0.2, -0.15) is 0 Å². The minimum Gasteiger partial charge on any atom is -0.388 e. The van der Waals surface area contributed by atoms with Gasteiger partial charge in [-0.3, -0.25) is 4.99 Å². The van der Waals surface area contributed by atoms with Gasteiger partial charge in [-0.25, -0.2) is 0 Å². The van der Waals surface area contributed by atoms with Gasteiger partial charge >= 0.3 is 0 Å². The Hall–Kier alpha value is -0.570. The number of amidine groups is 1. The van der Waals surface area contributed by atoms with E-state index in [1.165, 1.54) is 6.42 Å². The lowest BCUT2D eigenvalue weighted by atomic mass is 10.2. The van der Waals surface area contributed by atoms with Gasteiger partial charge in [0.2, 0.25) is 0 Å². The maximum absolute atomic E-state index is 5.36. The molecule has 1 rings (SSSR count). The highest BCUT2D eigenvalue weighted by Crippen LogP contribution is 2.11. The van der Waals surface area contributed by atoms with Crippen LogP contribution in [0.5, 0.6) is 0 Å². The van der Waals surface area contributed by atoms with E-state index in [1.54, 1.807) is 6.92 Å². The molecule has 0 spiro atoms. The van der Waals surface area contributed by atoms with Gasteiger partial charge < -0.3 is 10.5 Å². The van der Waals surface area contributed by atoms with Crippen LogP contribution in [0.2, 0.25) is 0 Å². The van der Waals surface area contributed by atoms with E-state index in [1.807, 2.05) is 0 Å². The Balaban J connectivity index is 2.18. The summed E-state index contributed by atoms with van der Waals surface area (Å²) in [7, 11) is 0. The van der Waals surface area contributed by atoms with E-state index < -0.39 is 0 Å². The van der Waals surface area contributed by atoms with Crippen LogP contribution < -0.4 is 5.73 Å². The molecule has 3 nitrogen and oxygen atoms in total. The van der Waals surface area contributed by atoms with Gasteiger partial charge in [-0.15, -0.1) is 0 Å². The predicted octanol–water partition coefficient (Wildman–Crippen LogP) is 0.542. The summed E-state index contributed by atoms with van der Waals surface area (Å²) >= 11 is 0. The van der Waals surface area contributed by atoms with Crippen molar-refractivity contribution in [2.24, 2.45) is 10.7 Å². The molecule has 1 unspecified atom stereocenters. The van der Waals surface area contributed by atoms with Crippen molar-refractivity contribution >= 4 is 5.84 Å². The molecule has 0 aromatic rings. The van der Waals surface area contributed by atoms with Crippen molar-refractivity contribution < 1.29 is 4.74 Å². The molecule has 0 amide bonds. The van der Waals surface area contributed by atoms with Gasteiger partial charge in [-0.1, -0.05) is 0 Å². The second-order valence-corrected chi connectivity index (χ2v) is 2.62. The van der Waals surface area contributed by atoms with Crippen molar-refractivity contribution in [3.63, 3.8) is 0 Å². The predicted molar refractivity (Wildman–Crippen MR) is 41.1 cm³/mol. The average Bonchev–Trinajstić information content (AvgIpc) is 2.34. The topological polar surface area (TPSA) is 47.6 Å². The molecule has 1 fully saturated rings. The highest BCUT2D eigenvalue weighted by Gasteiger charge is 2.13. The maximum Gasteiger partial charge on any atom is 0.0906 e. The van der Waals surface area contributed by atoms with E-state index in [9.17, 15) is 0 Å². The second kappa shape index (κ2) is 3.56. The van der Waals surface area contributed by atoms with Gasteiger partial charge in [0.25, 0.3) is 0 Å². The van der Waals surface area contributed by atoms with Crippen LogP contribution in [-0.4, -0.2) is 25.1 Å². The molecule has 0 aromatic carbocycles. The lowest BCUT2D eigenvalue weighted by molar-refractivity contribution is 0.118. The first-order valence-corrected chi connectivity index (χ1v) is 3.67. The largest absolute Gasteiger partial charge is 0.388 e. The average molecular weight is 142 g/mol. The number of ether oxygens (including phenoxy) is 1. The third kappa shape index (κ3) is 2.35. The number of hydrogen-bond donors (Lipinski definition) is 1. The standard InChI is InChI=1S/C7H14N2O/c1-6(8)9-5-7-3-2-4-10-7/h7H,2-5H2,1H3,(H2,8,9). The molecule has 0 aromatic heterocycles. The Labute approximate surface area is 61.3 Å². The fourth-order valence-corrected chi connectivity index (χ4v) is 1.03. The lowest BCUT2D eigenvalue weighted by Gasteiger charge is -2.03. The molecule has 58 valence electrons. The summed E-state index contributed by atoms with van der Waals surface area (Å²) in [5.74, 6) is 0.649. The third-order valence-corrected chi connectivity index (χ3v) is 1.57. The number of nitrogens with two attached hydrogens (primary N) is 1. The fourth-order valence-electron chi connectivity index (χ4n) is 1.03. The van der Waals surface area contributed by atoms with Crippen LogP contribution in [0, 0.1) is 0 Å². The quantitative estimate of drug-likeness (QED) is 0.452.